The number of nitrogens with zero attached hydrogens (tertiary/aromatic N) is 4. The van der Waals surface area contributed by atoms with Crippen molar-refractivity contribution in [3.63, 3.8) is 0 Å². The molecule has 0 aliphatic heterocycles. The summed E-state index contributed by atoms with van der Waals surface area (Å²) >= 11 is 1.72. The zero-order valence-corrected chi connectivity index (χ0v) is 17.7. The second-order valence-electron chi connectivity index (χ2n) is 6.84. The molecule has 0 fully saturated rings. The van der Waals surface area contributed by atoms with Gasteiger partial charge in [0.2, 0.25) is 5.78 Å². The van der Waals surface area contributed by atoms with Crippen LogP contribution in [0.5, 0.6) is 5.75 Å². The van der Waals surface area contributed by atoms with Crippen molar-refractivity contribution in [1.29, 1.82) is 0 Å². The van der Waals surface area contributed by atoms with Crippen LogP contribution in [0.4, 0.5) is 11.6 Å². The summed E-state index contributed by atoms with van der Waals surface area (Å²) < 4.78 is 7.37. The number of imidazole rings is 1. The second kappa shape index (κ2) is 7.67. The number of benzene rings is 2. The maximum absolute atomic E-state index is 6.06. The van der Waals surface area contributed by atoms with Crippen LogP contribution in [0.25, 0.3) is 28.3 Å². The average Bonchev–Trinajstić information content (AvgIpc) is 3.12. The monoisotopic (exact) mass is 405 g/mol. The smallest absolute Gasteiger partial charge is 0.238 e. The zero-order chi connectivity index (χ0) is 20.5. The number of thioether (sulfide) groups is 1. The van der Waals surface area contributed by atoms with Crippen LogP contribution in [0.1, 0.15) is 0 Å². The van der Waals surface area contributed by atoms with E-state index in [1.165, 1.54) is 4.90 Å². The third kappa shape index (κ3) is 3.49. The summed E-state index contributed by atoms with van der Waals surface area (Å²) in [5, 5.41) is 0. The van der Waals surface area contributed by atoms with Crippen LogP contribution in [0.3, 0.4) is 0 Å². The number of methoxy groups -OCH3 is 1. The first kappa shape index (κ1) is 19.1. The Morgan fingerprint density at radius 3 is 2.21 bits per heavy atom. The zero-order valence-electron chi connectivity index (χ0n) is 16.9. The van der Waals surface area contributed by atoms with Crippen LogP contribution in [-0.4, -0.2) is 41.8 Å². The average molecular weight is 406 g/mol. The van der Waals surface area contributed by atoms with E-state index in [0.29, 0.717) is 11.6 Å². The van der Waals surface area contributed by atoms with Gasteiger partial charge in [-0.3, -0.25) is 4.40 Å². The molecule has 7 heteroatoms. The Morgan fingerprint density at radius 1 is 0.966 bits per heavy atom. The van der Waals surface area contributed by atoms with E-state index < -0.39 is 0 Å². The standard InChI is InChI=1S/C22H23N5OS/c1-26(2)19-13-18(23)24-22-25-20(14-5-9-16(28-3)10-6-14)21(27(19)22)15-7-11-17(29-4)12-8-15/h5-13H,1-4H3,(H2,23,24,25). The molecule has 0 bridgehead atoms. The summed E-state index contributed by atoms with van der Waals surface area (Å²) in [6.45, 7) is 0. The van der Waals surface area contributed by atoms with Gasteiger partial charge < -0.3 is 15.4 Å². The van der Waals surface area contributed by atoms with Gasteiger partial charge in [0.15, 0.2) is 0 Å². The van der Waals surface area contributed by atoms with E-state index in [1.807, 2.05) is 49.3 Å². The van der Waals surface area contributed by atoms with Gasteiger partial charge >= 0.3 is 0 Å². The van der Waals surface area contributed by atoms with Gasteiger partial charge in [0.05, 0.1) is 18.5 Å². The molecule has 0 amide bonds. The van der Waals surface area contributed by atoms with Crippen LogP contribution in [0.2, 0.25) is 0 Å². The number of rotatable bonds is 5. The summed E-state index contributed by atoms with van der Waals surface area (Å²) in [7, 11) is 5.64. The van der Waals surface area contributed by atoms with Crippen LogP contribution in [-0.2, 0) is 0 Å². The lowest BCUT2D eigenvalue weighted by Gasteiger charge is -2.17. The van der Waals surface area contributed by atoms with Gasteiger partial charge in [-0.15, -0.1) is 11.8 Å². The number of nitrogens with two attached hydrogens (primary N) is 1. The molecule has 0 radical (unpaired) electrons. The molecule has 0 saturated heterocycles. The van der Waals surface area contributed by atoms with E-state index in [1.54, 1.807) is 18.9 Å². The highest BCUT2D eigenvalue weighted by atomic mass is 32.2. The van der Waals surface area contributed by atoms with Gasteiger partial charge in [-0.2, -0.15) is 4.98 Å². The molecule has 2 N–H and O–H groups in total. The lowest BCUT2D eigenvalue weighted by molar-refractivity contribution is 0.415. The van der Waals surface area contributed by atoms with Gasteiger partial charge in [-0.05, 0) is 42.7 Å². The molecule has 29 heavy (non-hydrogen) atoms. The topological polar surface area (TPSA) is 68.7 Å². The molecule has 0 atom stereocenters. The van der Waals surface area contributed by atoms with E-state index >= 15 is 0 Å². The molecule has 0 aliphatic carbocycles. The first-order chi connectivity index (χ1) is 14.0. The Labute approximate surface area is 174 Å². The number of fused-ring (bicyclic) bond motifs is 1. The Bertz CT molecular complexity index is 1150. The third-order valence-electron chi connectivity index (χ3n) is 4.78. The lowest BCUT2D eigenvalue weighted by Crippen LogP contribution is -2.14. The minimum absolute atomic E-state index is 0.441. The van der Waals surface area contributed by atoms with Crippen LogP contribution < -0.4 is 15.4 Å². The minimum atomic E-state index is 0.441. The van der Waals surface area contributed by atoms with E-state index in [2.05, 4.69) is 39.9 Å². The minimum Gasteiger partial charge on any atom is -0.497 e. The van der Waals surface area contributed by atoms with Crippen molar-refractivity contribution in [1.82, 2.24) is 14.4 Å². The fraction of sp³-hybridized carbons (Fsp3) is 0.182. The number of aromatic nitrogens is 3. The maximum atomic E-state index is 6.06. The molecule has 4 rings (SSSR count). The molecule has 6 nitrogen and oxygen atoms in total. The normalized spacial score (nSPS) is 11.0. The van der Waals surface area contributed by atoms with Gasteiger partial charge in [0.1, 0.15) is 17.4 Å². The number of hydrogen-bond donors (Lipinski definition) is 1. The molecule has 0 aliphatic rings. The van der Waals surface area contributed by atoms with E-state index in [-0.39, 0.29) is 0 Å². The predicted octanol–water partition coefficient (Wildman–Crippen LogP) is 4.44. The Kier molecular flexibility index (Phi) is 5.07. The molecule has 2 heterocycles. The third-order valence-corrected chi connectivity index (χ3v) is 5.52. The molecule has 2 aromatic carbocycles. The van der Waals surface area contributed by atoms with Gasteiger partial charge in [-0.1, -0.05) is 12.1 Å². The molecule has 148 valence electrons. The molecule has 4 aromatic rings. The second-order valence-corrected chi connectivity index (χ2v) is 7.71. The van der Waals surface area contributed by atoms with Crippen LogP contribution >= 0.6 is 11.8 Å². The molecule has 0 spiro atoms. The fourth-order valence-corrected chi connectivity index (χ4v) is 3.75. The number of ether oxygens (including phenoxy) is 1. The quantitative estimate of drug-likeness (QED) is 0.495. The SMILES string of the molecule is COc1ccc(-c2nc3nc(N)cc(N(C)C)n3c2-c2ccc(SC)cc2)cc1. The predicted molar refractivity (Wildman–Crippen MR) is 121 cm³/mol. The Balaban J connectivity index is 2.04. The molecule has 0 unspecified atom stereocenters. The summed E-state index contributed by atoms with van der Waals surface area (Å²) in [6, 6.07) is 18.3. The van der Waals surface area contributed by atoms with E-state index in [0.717, 1.165) is 34.1 Å². The van der Waals surface area contributed by atoms with E-state index in [4.69, 9.17) is 15.5 Å². The Hall–Kier alpha value is -3.19. The van der Waals surface area contributed by atoms with Crippen molar-refractivity contribution in [3.05, 3.63) is 54.6 Å². The largest absolute Gasteiger partial charge is 0.497 e. The van der Waals surface area contributed by atoms with Crippen molar-refractivity contribution in [2.75, 3.05) is 38.1 Å². The molecular formula is C22H23N5OS. The molecule has 0 saturated carbocycles. The van der Waals surface area contributed by atoms with Gasteiger partial charge in [-0.25, -0.2) is 4.98 Å². The summed E-state index contributed by atoms with van der Waals surface area (Å²) in [5.41, 5.74) is 9.95. The van der Waals surface area contributed by atoms with Crippen LogP contribution in [0, 0.1) is 0 Å². The van der Waals surface area contributed by atoms with Crippen molar-refractivity contribution < 1.29 is 4.74 Å². The van der Waals surface area contributed by atoms with Gasteiger partial charge in [0.25, 0.3) is 0 Å². The van der Waals surface area contributed by atoms with Crippen molar-refractivity contribution in [2.45, 2.75) is 4.90 Å². The highest BCUT2D eigenvalue weighted by Crippen LogP contribution is 2.36. The highest BCUT2D eigenvalue weighted by Gasteiger charge is 2.20. The highest BCUT2D eigenvalue weighted by molar-refractivity contribution is 7.98. The molecular weight excluding hydrogens is 382 g/mol. The summed E-state index contributed by atoms with van der Waals surface area (Å²) in [4.78, 5) is 12.6. The number of anilines is 2. The number of nitrogen functional groups attached to an aromatic ring is 1. The van der Waals surface area contributed by atoms with Crippen molar-refractivity contribution in [2.24, 2.45) is 0 Å². The first-order valence-electron chi connectivity index (χ1n) is 9.17. The summed E-state index contributed by atoms with van der Waals surface area (Å²) in [6.07, 6.45) is 2.07. The van der Waals surface area contributed by atoms with Gasteiger partial charge in [0, 0.05) is 36.2 Å². The fourth-order valence-electron chi connectivity index (χ4n) is 3.34. The lowest BCUT2D eigenvalue weighted by atomic mass is 10.0. The summed E-state index contributed by atoms with van der Waals surface area (Å²) in [5.74, 6) is 2.74. The maximum Gasteiger partial charge on any atom is 0.238 e. The van der Waals surface area contributed by atoms with Crippen molar-refractivity contribution >= 4 is 29.2 Å². The number of hydrogen-bond acceptors (Lipinski definition) is 6. The molecule has 2 aromatic heterocycles. The van der Waals surface area contributed by atoms with Crippen molar-refractivity contribution in [3.8, 4) is 28.3 Å². The van der Waals surface area contributed by atoms with Crippen LogP contribution in [0.15, 0.2) is 59.5 Å². The van der Waals surface area contributed by atoms with E-state index in [9.17, 15) is 0 Å². The Morgan fingerprint density at radius 2 is 1.62 bits per heavy atom. The first-order valence-corrected chi connectivity index (χ1v) is 10.4.